The lowest BCUT2D eigenvalue weighted by Crippen LogP contribution is -2.36. The van der Waals surface area contributed by atoms with E-state index in [0.717, 1.165) is 16.1 Å². The van der Waals surface area contributed by atoms with Gasteiger partial charge in [0.25, 0.3) is 0 Å². The summed E-state index contributed by atoms with van der Waals surface area (Å²) in [4.78, 5) is 15.2. The minimum atomic E-state index is -1.32. The molecule has 1 aromatic heterocycles. The van der Waals surface area contributed by atoms with Crippen molar-refractivity contribution in [3.63, 3.8) is 0 Å². The Morgan fingerprint density at radius 2 is 1.58 bits per heavy atom. The summed E-state index contributed by atoms with van der Waals surface area (Å²) in [5.41, 5.74) is 5.35. The van der Waals surface area contributed by atoms with E-state index in [1.165, 1.54) is 6.20 Å². The predicted octanol–water partition coefficient (Wildman–Crippen LogP) is 1.22. The third-order valence-electron chi connectivity index (χ3n) is 4.69. The molecule has 1 saturated heterocycles. The number of aliphatic hydroxyl groups excluding tert-OH is 3. The van der Waals surface area contributed by atoms with Gasteiger partial charge in [-0.05, 0) is 31.2 Å². The van der Waals surface area contributed by atoms with Gasteiger partial charge in [0.1, 0.15) is 35.6 Å². The van der Waals surface area contributed by atoms with Gasteiger partial charge < -0.3 is 30.5 Å². The first kappa shape index (κ1) is 22.4. The smallest absolute Gasteiger partial charge is 0.351 e. The average molecular weight is 427 g/mol. The Hall–Kier alpha value is -3.24. The molecule has 1 fully saturated rings. The van der Waals surface area contributed by atoms with Crippen molar-refractivity contribution >= 4 is 5.82 Å². The van der Waals surface area contributed by atoms with Gasteiger partial charge in [-0.25, -0.2) is 4.79 Å². The van der Waals surface area contributed by atoms with Crippen LogP contribution in [-0.4, -0.2) is 49.8 Å². The Kier molecular flexibility index (Phi) is 7.37. The Labute approximate surface area is 178 Å². The van der Waals surface area contributed by atoms with Gasteiger partial charge in [0.05, 0.1) is 6.61 Å². The maximum atomic E-state index is 11.7. The molecule has 164 valence electrons. The Bertz CT molecular complexity index is 991. The van der Waals surface area contributed by atoms with Gasteiger partial charge in [-0.2, -0.15) is 4.98 Å². The topological polar surface area (TPSA) is 140 Å². The van der Waals surface area contributed by atoms with Crippen LogP contribution in [0.4, 0.5) is 5.82 Å². The van der Waals surface area contributed by atoms with Gasteiger partial charge in [0.15, 0.2) is 6.23 Å². The first-order valence-corrected chi connectivity index (χ1v) is 9.66. The lowest BCUT2D eigenvalue weighted by Gasteiger charge is -2.17. The van der Waals surface area contributed by atoms with Crippen LogP contribution in [0.1, 0.15) is 11.8 Å². The molecule has 2 aromatic carbocycles. The highest BCUT2D eigenvalue weighted by atomic mass is 16.6. The van der Waals surface area contributed by atoms with Crippen LogP contribution in [0.25, 0.3) is 0 Å². The molecule has 0 bridgehead atoms. The Morgan fingerprint density at radius 3 is 2.06 bits per heavy atom. The summed E-state index contributed by atoms with van der Waals surface area (Å²) in [5.74, 6) is 1.84. The van der Waals surface area contributed by atoms with Crippen molar-refractivity contribution in [2.45, 2.75) is 31.5 Å². The molecule has 0 aliphatic carbocycles. The molecule has 0 spiro atoms. The van der Waals surface area contributed by atoms with E-state index in [4.69, 9.17) is 20.3 Å². The van der Waals surface area contributed by atoms with E-state index >= 15 is 0 Å². The van der Waals surface area contributed by atoms with Crippen LogP contribution < -0.4 is 16.2 Å². The lowest BCUT2D eigenvalue weighted by molar-refractivity contribution is -0.0550. The third-order valence-corrected chi connectivity index (χ3v) is 4.69. The van der Waals surface area contributed by atoms with Crippen LogP contribution in [0.2, 0.25) is 0 Å². The minimum Gasteiger partial charge on any atom is -0.457 e. The molecular formula is C22H25N3O6. The summed E-state index contributed by atoms with van der Waals surface area (Å²) >= 11 is 0. The fraction of sp³-hybridized carbons (Fsp3) is 0.273. The number of nitrogens with zero attached hydrogens (tertiary/aromatic N) is 2. The number of aliphatic hydroxyl groups is 3. The van der Waals surface area contributed by atoms with Crippen LogP contribution in [0, 0.1) is 6.92 Å². The molecule has 2 heterocycles. The molecule has 5 N–H and O–H groups in total. The monoisotopic (exact) mass is 427 g/mol. The van der Waals surface area contributed by atoms with E-state index in [1.54, 1.807) is 6.92 Å². The van der Waals surface area contributed by atoms with Crippen LogP contribution in [-0.2, 0) is 4.74 Å². The first-order chi connectivity index (χ1) is 14.9. The summed E-state index contributed by atoms with van der Waals surface area (Å²) in [6.07, 6.45) is -3.20. The number of hydrogen-bond acceptors (Lipinski definition) is 8. The molecule has 1 aliphatic rings. The number of para-hydroxylation sites is 2. The summed E-state index contributed by atoms with van der Waals surface area (Å²) < 4.78 is 11.9. The number of ether oxygens (including phenoxy) is 2. The maximum absolute atomic E-state index is 11.7. The van der Waals surface area contributed by atoms with Gasteiger partial charge in [-0.15, -0.1) is 0 Å². The maximum Gasteiger partial charge on any atom is 0.351 e. The van der Waals surface area contributed by atoms with Gasteiger partial charge >= 0.3 is 5.69 Å². The summed E-state index contributed by atoms with van der Waals surface area (Å²) in [5, 5.41) is 28.4. The summed E-state index contributed by atoms with van der Waals surface area (Å²) in [6.45, 7) is 1.20. The van der Waals surface area contributed by atoms with Gasteiger partial charge in [-0.3, -0.25) is 4.57 Å². The minimum absolute atomic E-state index is 0.1000. The molecule has 9 heteroatoms. The number of hydrogen-bond donors (Lipinski definition) is 4. The molecule has 9 nitrogen and oxygen atoms in total. The van der Waals surface area contributed by atoms with E-state index in [0.29, 0.717) is 5.56 Å². The van der Waals surface area contributed by atoms with Crippen LogP contribution in [0.5, 0.6) is 11.5 Å². The van der Waals surface area contributed by atoms with Crippen molar-refractivity contribution in [2.24, 2.45) is 0 Å². The zero-order chi connectivity index (χ0) is 22.4. The quantitative estimate of drug-likeness (QED) is 0.487. The molecule has 0 radical (unpaired) electrons. The fourth-order valence-electron chi connectivity index (χ4n) is 2.98. The number of benzene rings is 2. The molecule has 4 atom stereocenters. The van der Waals surface area contributed by atoms with Crippen LogP contribution in [0.3, 0.4) is 0 Å². The fourth-order valence-corrected chi connectivity index (χ4v) is 2.98. The zero-order valence-electron chi connectivity index (χ0n) is 16.9. The highest BCUT2D eigenvalue weighted by Crippen LogP contribution is 2.28. The Balaban J connectivity index is 0.000000185. The molecule has 4 rings (SSSR count). The van der Waals surface area contributed by atoms with Gasteiger partial charge in [0.2, 0.25) is 0 Å². The van der Waals surface area contributed by atoms with Gasteiger partial charge in [0, 0.05) is 11.8 Å². The molecule has 0 amide bonds. The number of nitrogens with two attached hydrogens (primary N) is 1. The third kappa shape index (κ3) is 5.47. The van der Waals surface area contributed by atoms with Gasteiger partial charge in [-0.1, -0.05) is 36.4 Å². The second-order valence-corrected chi connectivity index (χ2v) is 6.96. The molecular weight excluding hydrogens is 402 g/mol. The van der Waals surface area contributed by atoms with Crippen molar-refractivity contribution in [3.8, 4) is 11.5 Å². The molecule has 0 unspecified atom stereocenters. The first-order valence-electron chi connectivity index (χ1n) is 9.66. The summed E-state index contributed by atoms with van der Waals surface area (Å²) in [7, 11) is 0. The van der Waals surface area contributed by atoms with E-state index in [1.807, 2.05) is 60.7 Å². The molecule has 3 aromatic rings. The zero-order valence-corrected chi connectivity index (χ0v) is 16.9. The van der Waals surface area contributed by atoms with E-state index < -0.39 is 36.8 Å². The molecule has 31 heavy (non-hydrogen) atoms. The largest absolute Gasteiger partial charge is 0.457 e. The van der Waals surface area contributed by atoms with Crippen molar-refractivity contribution in [1.29, 1.82) is 0 Å². The van der Waals surface area contributed by atoms with Crippen molar-refractivity contribution in [3.05, 3.63) is 82.9 Å². The highest BCUT2D eigenvalue weighted by Gasteiger charge is 2.43. The van der Waals surface area contributed by atoms with Crippen molar-refractivity contribution in [2.75, 3.05) is 12.3 Å². The standard InChI is InChI=1S/C12H10O.C10H15N3O5/c1-3-7-11(8-4-1)13-12-9-5-2-6-10-12;1-4-2-13(10(17)12-8(4)11)9-7(16)6(15)5(3-14)18-9/h1-10H;2,5-7,9,14-16H,3H2,1H3,(H2,11,12,17)/t;5-,6-,7-,9-/m.1/s1. The normalized spacial score (nSPS) is 22.5. The Morgan fingerprint density at radius 1 is 1.03 bits per heavy atom. The average Bonchev–Trinajstić information content (AvgIpc) is 3.06. The van der Waals surface area contributed by atoms with E-state index in [9.17, 15) is 15.0 Å². The lowest BCUT2D eigenvalue weighted by atomic mass is 10.1. The predicted molar refractivity (Wildman–Crippen MR) is 114 cm³/mol. The van der Waals surface area contributed by atoms with Crippen LogP contribution in [0.15, 0.2) is 71.7 Å². The SMILES string of the molecule is Cc1cn([C@@H]2O[C@H](CO)[C@@H](O)[C@H]2O)c(=O)nc1N.c1ccc(Oc2ccccc2)cc1. The van der Waals surface area contributed by atoms with Crippen molar-refractivity contribution in [1.82, 2.24) is 9.55 Å². The number of anilines is 1. The second-order valence-electron chi connectivity index (χ2n) is 6.96. The summed E-state index contributed by atoms with van der Waals surface area (Å²) in [6, 6.07) is 19.5. The number of aromatic nitrogens is 2. The molecule has 0 saturated carbocycles. The molecule has 1 aliphatic heterocycles. The van der Waals surface area contributed by atoms with Crippen LogP contribution >= 0.6 is 0 Å². The number of aryl methyl sites for hydroxylation is 1. The number of nitrogen functional groups attached to an aromatic ring is 1. The van der Waals surface area contributed by atoms with E-state index in [2.05, 4.69) is 4.98 Å². The second kappa shape index (κ2) is 10.2. The highest BCUT2D eigenvalue weighted by molar-refractivity contribution is 5.35. The van der Waals surface area contributed by atoms with Crippen molar-refractivity contribution < 1.29 is 24.8 Å². The van der Waals surface area contributed by atoms with E-state index in [-0.39, 0.29) is 5.82 Å². The number of rotatable bonds is 4.